The van der Waals surface area contributed by atoms with Gasteiger partial charge in [0.05, 0.1) is 25.3 Å². The highest BCUT2D eigenvalue weighted by Gasteiger charge is 2.05. The van der Waals surface area contributed by atoms with E-state index in [1.54, 1.807) is 19.1 Å². The first-order valence-corrected chi connectivity index (χ1v) is 5.06. The Bertz CT molecular complexity index is 690. The minimum Gasteiger partial charge on any atom is -0.226 e. The molecule has 1 aromatic rings. The predicted molar refractivity (Wildman–Crippen MR) is 66.7 cm³/mol. The van der Waals surface area contributed by atoms with Crippen molar-refractivity contribution in [2.45, 2.75) is 6.92 Å². The van der Waals surface area contributed by atoms with E-state index in [9.17, 15) is 0 Å². The van der Waals surface area contributed by atoms with Gasteiger partial charge in [-0.25, -0.2) is 20.2 Å². The summed E-state index contributed by atoms with van der Waals surface area (Å²) >= 11 is 5.97. The van der Waals surface area contributed by atoms with Gasteiger partial charge in [0.15, 0.2) is 0 Å². The van der Waals surface area contributed by atoms with Crippen LogP contribution in [0.4, 0.5) is 0 Å². The average Bonchev–Trinajstić information content (AvgIpc) is 2.37. The van der Waals surface area contributed by atoms with E-state index in [1.165, 1.54) is 12.1 Å². The van der Waals surface area contributed by atoms with Crippen molar-refractivity contribution in [2.75, 3.05) is 0 Å². The van der Waals surface area contributed by atoms with E-state index >= 15 is 0 Å². The van der Waals surface area contributed by atoms with Crippen molar-refractivity contribution < 1.29 is 0 Å². The molecule has 0 amide bonds. The van der Waals surface area contributed by atoms with Crippen LogP contribution in [0.1, 0.15) is 5.56 Å². The van der Waals surface area contributed by atoms with Gasteiger partial charge in [-0.2, -0.15) is 0 Å². The summed E-state index contributed by atoms with van der Waals surface area (Å²) in [5, 5.41) is 18.5. The molecule has 0 spiro atoms. The molecule has 1 aromatic carbocycles. The van der Waals surface area contributed by atoms with Gasteiger partial charge in [-0.1, -0.05) is 23.2 Å². The average molecular weight is 253 g/mol. The Morgan fingerprint density at radius 3 is 2.06 bits per heavy atom. The standard InChI is InChI=1S/C13H5ClN4/c1-8-4-10(13(7-16)18-3)11(14)5-9(8)12(6-15)17-2/h4-5H,1H3/b12-9-,13-10+. The molecule has 1 rings (SSSR count). The molecule has 5 heteroatoms. The van der Waals surface area contributed by atoms with E-state index < -0.39 is 0 Å². The first kappa shape index (κ1) is 13.3. The maximum Gasteiger partial charge on any atom is 0.270 e. The lowest BCUT2D eigenvalue weighted by Gasteiger charge is -1.99. The third-order valence-electron chi connectivity index (χ3n) is 2.26. The lowest BCUT2D eigenvalue weighted by molar-refractivity contribution is 1.36. The summed E-state index contributed by atoms with van der Waals surface area (Å²) in [6, 6.07) is 6.52. The minimum absolute atomic E-state index is 0.0673. The molecular weight excluding hydrogens is 248 g/mol. The largest absolute Gasteiger partial charge is 0.270 e. The molecule has 0 bridgehead atoms. The quantitative estimate of drug-likeness (QED) is 0.661. The van der Waals surface area contributed by atoms with Crippen LogP contribution in [0.15, 0.2) is 12.1 Å². The fraction of sp³-hybridized carbons (Fsp3) is 0.0769. The summed E-state index contributed by atoms with van der Waals surface area (Å²) in [6.07, 6.45) is 0. The van der Waals surface area contributed by atoms with Crippen molar-refractivity contribution in [1.29, 1.82) is 10.5 Å². The van der Waals surface area contributed by atoms with Gasteiger partial charge in [0.1, 0.15) is 0 Å². The Morgan fingerprint density at radius 2 is 1.61 bits per heavy atom. The van der Waals surface area contributed by atoms with Crippen LogP contribution < -0.4 is 10.4 Å². The third kappa shape index (κ3) is 2.31. The Morgan fingerprint density at radius 1 is 1.11 bits per heavy atom. The predicted octanol–water partition coefficient (Wildman–Crippen LogP) is 1.75. The highest BCUT2D eigenvalue weighted by molar-refractivity contribution is 6.31. The molecule has 0 radical (unpaired) electrons. The normalized spacial score (nSPS) is 12.3. The molecule has 4 nitrogen and oxygen atoms in total. The molecule has 0 aromatic heterocycles. The van der Waals surface area contributed by atoms with E-state index in [-0.39, 0.29) is 16.4 Å². The van der Waals surface area contributed by atoms with Gasteiger partial charge in [-0.15, -0.1) is 0 Å². The summed E-state index contributed by atoms with van der Waals surface area (Å²) < 4.78 is 0. The highest BCUT2D eigenvalue weighted by atomic mass is 35.5. The topological polar surface area (TPSA) is 56.3 Å². The van der Waals surface area contributed by atoms with Crippen LogP contribution in [0.3, 0.4) is 0 Å². The van der Waals surface area contributed by atoms with Crippen molar-refractivity contribution in [1.82, 2.24) is 0 Å². The van der Waals surface area contributed by atoms with Crippen LogP contribution in [-0.2, 0) is 0 Å². The van der Waals surface area contributed by atoms with Crippen LogP contribution in [0, 0.1) is 42.7 Å². The van der Waals surface area contributed by atoms with Gasteiger partial charge in [0, 0.05) is 10.2 Å². The van der Waals surface area contributed by atoms with Crippen LogP contribution in [0.2, 0.25) is 5.02 Å². The number of benzene rings is 1. The van der Waals surface area contributed by atoms with E-state index in [2.05, 4.69) is 9.69 Å². The number of nitrogens with zero attached hydrogens (tertiary/aromatic N) is 4. The summed E-state index contributed by atoms with van der Waals surface area (Å²) in [5.74, 6) is 0. The van der Waals surface area contributed by atoms with Crippen LogP contribution in [0.5, 0.6) is 0 Å². The first-order chi connectivity index (χ1) is 8.58. The van der Waals surface area contributed by atoms with E-state index in [0.29, 0.717) is 16.0 Å². The van der Waals surface area contributed by atoms with Gasteiger partial charge in [-0.3, -0.25) is 0 Å². The van der Waals surface area contributed by atoms with Crippen molar-refractivity contribution in [3.05, 3.63) is 56.0 Å². The fourth-order valence-corrected chi connectivity index (χ4v) is 1.66. The molecule has 0 saturated heterocycles. The molecule has 0 aliphatic heterocycles. The molecule has 0 aliphatic rings. The summed E-state index contributed by atoms with van der Waals surface area (Å²) in [4.78, 5) is 6.19. The molecule has 0 aliphatic carbocycles. The smallest absolute Gasteiger partial charge is 0.226 e. The second-order valence-corrected chi connectivity index (χ2v) is 3.70. The monoisotopic (exact) mass is 252 g/mol. The Balaban J connectivity index is 3.96. The number of aryl methyl sites for hydroxylation is 1. The second-order valence-electron chi connectivity index (χ2n) is 3.29. The minimum atomic E-state index is -0.115. The van der Waals surface area contributed by atoms with E-state index in [1.807, 2.05) is 0 Å². The highest BCUT2D eigenvalue weighted by Crippen LogP contribution is 2.05. The second kappa shape index (κ2) is 5.51. The summed E-state index contributed by atoms with van der Waals surface area (Å²) in [5.41, 5.74) is 0.441. The molecule has 0 saturated carbocycles. The van der Waals surface area contributed by atoms with E-state index in [4.69, 9.17) is 35.3 Å². The van der Waals surface area contributed by atoms with E-state index in [0.717, 1.165) is 0 Å². The van der Waals surface area contributed by atoms with Gasteiger partial charge in [0.25, 0.3) is 11.4 Å². The van der Waals surface area contributed by atoms with Gasteiger partial charge >= 0.3 is 0 Å². The Labute approximate surface area is 109 Å². The molecule has 84 valence electrons. The van der Waals surface area contributed by atoms with Crippen molar-refractivity contribution in [2.24, 2.45) is 0 Å². The maximum absolute atomic E-state index is 8.82. The SMILES string of the molecule is [C-]#[N+]/C(C#N)=c1/cc(Cl)/c(=C(\C#N)[N+]#[C-])cc1C. The lowest BCUT2D eigenvalue weighted by atomic mass is 10.1. The van der Waals surface area contributed by atoms with Crippen LogP contribution in [-0.4, -0.2) is 0 Å². The Kier molecular flexibility index (Phi) is 4.07. The first-order valence-electron chi connectivity index (χ1n) is 4.69. The van der Waals surface area contributed by atoms with Crippen LogP contribution >= 0.6 is 11.6 Å². The molecule has 0 unspecified atom stereocenters. The zero-order chi connectivity index (χ0) is 13.7. The fourth-order valence-electron chi connectivity index (χ4n) is 1.41. The summed E-state index contributed by atoms with van der Waals surface area (Å²) in [6.45, 7) is 15.5. The molecule has 0 atom stereocenters. The van der Waals surface area contributed by atoms with Crippen molar-refractivity contribution in [3.8, 4) is 12.1 Å². The number of nitriles is 2. The van der Waals surface area contributed by atoms with Gasteiger partial charge < -0.3 is 0 Å². The number of hydrogen-bond donors (Lipinski definition) is 0. The van der Waals surface area contributed by atoms with Crippen molar-refractivity contribution >= 4 is 23.0 Å². The maximum atomic E-state index is 8.82. The van der Waals surface area contributed by atoms with Crippen LogP contribution in [0.25, 0.3) is 21.1 Å². The number of hydrogen-bond acceptors (Lipinski definition) is 2. The molecule has 18 heavy (non-hydrogen) atoms. The zero-order valence-electron chi connectivity index (χ0n) is 9.32. The zero-order valence-corrected chi connectivity index (χ0v) is 10.1. The molecular formula is C13H5ClN4. The van der Waals surface area contributed by atoms with Gasteiger partial charge in [0.2, 0.25) is 0 Å². The number of rotatable bonds is 0. The molecule has 0 N–H and O–H groups in total. The van der Waals surface area contributed by atoms with Crippen molar-refractivity contribution in [3.63, 3.8) is 0 Å². The number of halogens is 1. The third-order valence-corrected chi connectivity index (χ3v) is 2.57. The lowest BCUT2D eigenvalue weighted by Crippen LogP contribution is -2.17. The van der Waals surface area contributed by atoms with Gasteiger partial charge in [-0.05, 0) is 18.2 Å². The Hall–Kier alpha value is -2.79. The molecule has 0 fully saturated rings. The summed E-state index contributed by atoms with van der Waals surface area (Å²) in [7, 11) is 0. The molecule has 0 heterocycles.